The molecular weight excluding hydrogens is 390 g/mol. The van der Waals surface area contributed by atoms with E-state index in [2.05, 4.69) is 71.4 Å². The Bertz CT molecular complexity index is 839. The first kappa shape index (κ1) is 22.6. The van der Waals surface area contributed by atoms with Crippen molar-refractivity contribution in [2.75, 3.05) is 43.6 Å². The third kappa shape index (κ3) is 5.96. The molecule has 1 aliphatic rings. The number of thiocarbonyl (C=S) groups is 1. The van der Waals surface area contributed by atoms with Gasteiger partial charge in [-0.2, -0.15) is 0 Å². The number of benzene rings is 2. The Morgan fingerprint density at radius 3 is 2.80 bits per heavy atom. The molecule has 0 amide bonds. The van der Waals surface area contributed by atoms with E-state index in [0.717, 1.165) is 43.3 Å². The fraction of sp³-hybridized carbons (Fsp3) is 0.480. The minimum Gasteiger partial charge on any atom is -0.383 e. The molecule has 5 heteroatoms. The van der Waals surface area contributed by atoms with Gasteiger partial charge in [0, 0.05) is 44.7 Å². The lowest BCUT2D eigenvalue weighted by atomic mass is 9.99. The first-order valence-electron chi connectivity index (χ1n) is 11.1. The molecule has 0 aliphatic carbocycles. The Balaban J connectivity index is 1.73. The van der Waals surface area contributed by atoms with Crippen molar-refractivity contribution < 1.29 is 4.74 Å². The van der Waals surface area contributed by atoms with Crippen LogP contribution < -0.4 is 10.2 Å². The van der Waals surface area contributed by atoms with E-state index >= 15 is 0 Å². The topological polar surface area (TPSA) is 27.7 Å². The molecule has 0 unspecified atom stereocenters. The van der Waals surface area contributed by atoms with Crippen LogP contribution in [0.15, 0.2) is 42.5 Å². The zero-order chi connectivity index (χ0) is 21.3. The Morgan fingerprint density at radius 1 is 1.17 bits per heavy atom. The van der Waals surface area contributed by atoms with Crippen LogP contribution >= 0.6 is 12.2 Å². The highest BCUT2D eigenvalue weighted by atomic mass is 32.1. The van der Waals surface area contributed by atoms with E-state index < -0.39 is 0 Å². The molecule has 0 spiro atoms. The smallest absolute Gasteiger partial charge is 0.173 e. The molecule has 0 bridgehead atoms. The lowest BCUT2D eigenvalue weighted by Crippen LogP contribution is -2.36. The summed E-state index contributed by atoms with van der Waals surface area (Å²) in [6.07, 6.45) is 4.59. The van der Waals surface area contributed by atoms with Gasteiger partial charge in [0.15, 0.2) is 5.11 Å². The molecule has 2 aromatic carbocycles. The van der Waals surface area contributed by atoms with Crippen molar-refractivity contribution in [3.8, 4) is 0 Å². The zero-order valence-electron chi connectivity index (χ0n) is 18.6. The minimum absolute atomic E-state index is 0.645. The van der Waals surface area contributed by atoms with Gasteiger partial charge in [-0.1, -0.05) is 38.1 Å². The Morgan fingerprint density at radius 2 is 2.03 bits per heavy atom. The number of nitrogens with one attached hydrogen (secondary N) is 1. The van der Waals surface area contributed by atoms with E-state index in [0.29, 0.717) is 6.61 Å². The molecule has 0 saturated heterocycles. The monoisotopic (exact) mass is 425 g/mol. The molecule has 30 heavy (non-hydrogen) atoms. The summed E-state index contributed by atoms with van der Waals surface area (Å²) in [6, 6.07) is 15.4. The van der Waals surface area contributed by atoms with Gasteiger partial charge < -0.3 is 19.9 Å². The fourth-order valence-corrected chi connectivity index (χ4v) is 4.35. The summed E-state index contributed by atoms with van der Waals surface area (Å²) < 4.78 is 5.34. The van der Waals surface area contributed by atoms with E-state index in [4.69, 9.17) is 17.0 Å². The zero-order valence-corrected chi connectivity index (χ0v) is 19.4. The normalized spacial score (nSPS) is 13.1. The van der Waals surface area contributed by atoms with Gasteiger partial charge in [-0.15, -0.1) is 0 Å². The molecule has 0 atom stereocenters. The lowest BCUT2D eigenvalue weighted by molar-refractivity contribution is 0.175. The summed E-state index contributed by atoms with van der Waals surface area (Å²) in [5.41, 5.74) is 6.52. The van der Waals surface area contributed by atoms with E-state index in [9.17, 15) is 0 Å². The molecular formula is C25H35N3OS. The van der Waals surface area contributed by atoms with Gasteiger partial charge in [0.25, 0.3) is 0 Å². The summed E-state index contributed by atoms with van der Waals surface area (Å²) in [4.78, 5) is 4.73. The molecule has 0 radical (unpaired) electrons. The summed E-state index contributed by atoms with van der Waals surface area (Å²) in [6.45, 7) is 8.91. The lowest BCUT2D eigenvalue weighted by Gasteiger charge is -2.32. The predicted octanol–water partition coefficient (Wildman–Crippen LogP) is 5.26. The standard InChI is InChI=1S/C25H35N3OS/c1-4-13-27-14-7-9-22-17-21(11-12-24(22)27)19-28(15-16-29-3)25(30)26-23-10-6-8-20(5-2)18-23/h6,8,10-12,17-18H,4-5,7,9,13-16,19H2,1-3H3,(H,26,30). The van der Waals surface area contributed by atoms with Crippen molar-refractivity contribution in [3.63, 3.8) is 0 Å². The highest BCUT2D eigenvalue weighted by Gasteiger charge is 2.18. The van der Waals surface area contributed by atoms with Gasteiger partial charge in [-0.3, -0.25) is 0 Å². The van der Waals surface area contributed by atoms with Crippen molar-refractivity contribution in [3.05, 3.63) is 59.2 Å². The average Bonchev–Trinajstić information content (AvgIpc) is 2.77. The number of rotatable bonds is 9. The molecule has 3 rings (SSSR count). The van der Waals surface area contributed by atoms with Crippen LogP contribution in [0.2, 0.25) is 0 Å². The molecule has 0 saturated carbocycles. The van der Waals surface area contributed by atoms with Gasteiger partial charge in [0.1, 0.15) is 0 Å². The number of anilines is 2. The summed E-state index contributed by atoms with van der Waals surface area (Å²) >= 11 is 5.77. The summed E-state index contributed by atoms with van der Waals surface area (Å²) in [5.74, 6) is 0. The average molecular weight is 426 g/mol. The second-order valence-electron chi connectivity index (χ2n) is 7.95. The first-order valence-corrected chi connectivity index (χ1v) is 11.6. The Labute approximate surface area is 187 Å². The summed E-state index contributed by atoms with van der Waals surface area (Å²) in [5, 5.41) is 4.17. The number of hydrogen-bond acceptors (Lipinski definition) is 3. The van der Waals surface area contributed by atoms with Gasteiger partial charge in [0.05, 0.1) is 6.61 Å². The second-order valence-corrected chi connectivity index (χ2v) is 8.34. The predicted molar refractivity (Wildman–Crippen MR) is 132 cm³/mol. The van der Waals surface area contributed by atoms with Crippen LogP contribution in [0.4, 0.5) is 11.4 Å². The number of nitrogens with zero attached hydrogens (tertiary/aromatic N) is 2. The van der Waals surface area contributed by atoms with Crippen LogP contribution in [-0.4, -0.2) is 43.4 Å². The highest BCUT2D eigenvalue weighted by molar-refractivity contribution is 7.80. The third-order valence-electron chi connectivity index (χ3n) is 5.66. The maximum atomic E-state index is 5.77. The molecule has 1 aliphatic heterocycles. The third-order valence-corrected chi connectivity index (χ3v) is 6.03. The van der Waals surface area contributed by atoms with E-state index in [1.165, 1.54) is 41.8 Å². The number of methoxy groups -OCH3 is 1. The SMILES string of the molecule is CCCN1CCCc2cc(CN(CCOC)C(=S)Nc3cccc(CC)c3)ccc21. The number of hydrogen-bond donors (Lipinski definition) is 1. The van der Waals surface area contributed by atoms with Crippen molar-refractivity contribution in [2.45, 2.75) is 46.1 Å². The Kier molecular flexibility index (Phi) is 8.52. The van der Waals surface area contributed by atoms with Gasteiger partial charge in [-0.25, -0.2) is 0 Å². The van der Waals surface area contributed by atoms with E-state index in [1.54, 1.807) is 7.11 Å². The molecule has 0 fully saturated rings. The van der Waals surface area contributed by atoms with Crippen molar-refractivity contribution in [2.24, 2.45) is 0 Å². The van der Waals surface area contributed by atoms with Crippen LogP contribution in [-0.2, 0) is 24.1 Å². The number of aryl methyl sites for hydroxylation is 2. The molecule has 2 aromatic rings. The largest absolute Gasteiger partial charge is 0.383 e. The molecule has 162 valence electrons. The highest BCUT2D eigenvalue weighted by Crippen LogP contribution is 2.28. The molecule has 1 N–H and O–H groups in total. The molecule has 4 nitrogen and oxygen atoms in total. The van der Waals surface area contributed by atoms with Crippen molar-refractivity contribution >= 4 is 28.7 Å². The van der Waals surface area contributed by atoms with E-state index in [-0.39, 0.29) is 0 Å². The second kappa shape index (κ2) is 11.3. The van der Waals surface area contributed by atoms with Crippen molar-refractivity contribution in [1.29, 1.82) is 0 Å². The quantitative estimate of drug-likeness (QED) is 0.554. The van der Waals surface area contributed by atoms with Crippen LogP contribution in [0.1, 0.15) is 43.4 Å². The van der Waals surface area contributed by atoms with Gasteiger partial charge in [0.2, 0.25) is 0 Å². The number of ether oxygens (including phenoxy) is 1. The number of fused-ring (bicyclic) bond motifs is 1. The van der Waals surface area contributed by atoms with Crippen LogP contribution in [0.5, 0.6) is 0 Å². The summed E-state index contributed by atoms with van der Waals surface area (Å²) in [7, 11) is 1.74. The molecule has 0 aromatic heterocycles. The van der Waals surface area contributed by atoms with E-state index in [1.807, 2.05) is 0 Å². The maximum Gasteiger partial charge on any atom is 0.173 e. The van der Waals surface area contributed by atoms with Crippen LogP contribution in [0.3, 0.4) is 0 Å². The van der Waals surface area contributed by atoms with Crippen LogP contribution in [0.25, 0.3) is 0 Å². The molecule has 1 heterocycles. The van der Waals surface area contributed by atoms with Gasteiger partial charge >= 0.3 is 0 Å². The fourth-order valence-electron chi connectivity index (χ4n) is 4.07. The van der Waals surface area contributed by atoms with Gasteiger partial charge in [-0.05, 0) is 72.8 Å². The first-order chi connectivity index (χ1) is 14.6. The van der Waals surface area contributed by atoms with Crippen molar-refractivity contribution in [1.82, 2.24) is 4.90 Å². The Hall–Kier alpha value is -2.11. The minimum atomic E-state index is 0.645. The van der Waals surface area contributed by atoms with Crippen LogP contribution in [0, 0.1) is 0 Å². The maximum absolute atomic E-state index is 5.77.